The largest absolute Gasteiger partial charge is 0.382 e. The van der Waals surface area contributed by atoms with Crippen LogP contribution in [0.2, 0.25) is 0 Å². The second-order valence-corrected chi connectivity index (χ2v) is 9.01. The molecule has 9 nitrogen and oxygen atoms in total. The first kappa shape index (κ1) is 23.8. The van der Waals surface area contributed by atoms with Gasteiger partial charge in [-0.2, -0.15) is 5.10 Å². The van der Waals surface area contributed by atoms with Crippen molar-refractivity contribution in [2.24, 2.45) is 12.8 Å². The van der Waals surface area contributed by atoms with E-state index in [1.165, 1.54) is 10.1 Å². The lowest BCUT2D eigenvalue weighted by atomic mass is 10.1. The van der Waals surface area contributed by atoms with Crippen LogP contribution in [0.1, 0.15) is 34.2 Å². The first-order valence-corrected chi connectivity index (χ1v) is 12.4. The molecule has 10 heteroatoms. The quantitative estimate of drug-likeness (QED) is 0.353. The minimum absolute atomic E-state index is 0.165. The van der Waals surface area contributed by atoms with E-state index in [-0.39, 0.29) is 11.4 Å². The van der Waals surface area contributed by atoms with E-state index in [4.69, 9.17) is 16.5 Å². The number of amides is 1. The summed E-state index contributed by atoms with van der Waals surface area (Å²) >= 11 is 1.63. The fraction of sp³-hybridized carbons (Fsp3) is 0.111. The first-order valence-electron chi connectivity index (χ1n) is 11.5. The lowest BCUT2D eigenvalue weighted by Crippen LogP contribution is -2.12. The van der Waals surface area contributed by atoms with E-state index in [9.17, 15) is 4.79 Å². The lowest BCUT2D eigenvalue weighted by molar-refractivity contribution is 0.100. The summed E-state index contributed by atoms with van der Waals surface area (Å²) in [6, 6.07) is 15.7. The Kier molecular flexibility index (Phi) is 6.45. The topological polar surface area (TPSA) is 122 Å². The summed E-state index contributed by atoms with van der Waals surface area (Å²) in [5.41, 5.74) is 16.9. The van der Waals surface area contributed by atoms with E-state index >= 15 is 0 Å². The molecule has 1 aromatic carbocycles. The highest BCUT2D eigenvalue weighted by atomic mass is 32.1. The molecule has 0 fully saturated rings. The van der Waals surface area contributed by atoms with Crippen LogP contribution in [0.3, 0.4) is 0 Å². The molecular formula is C27H24N8OS. The van der Waals surface area contributed by atoms with Crippen LogP contribution < -0.4 is 11.5 Å². The van der Waals surface area contributed by atoms with Crippen molar-refractivity contribution < 1.29 is 4.79 Å². The number of nitrogens with two attached hydrogens (primary N) is 2. The maximum Gasteiger partial charge on any atom is 0.254 e. The molecule has 6 rings (SSSR count). The second kappa shape index (κ2) is 10.0. The molecule has 0 aliphatic rings. The smallest absolute Gasteiger partial charge is 0.254 e. The second-order valence-electron chi connectivity index (χ2n) is 8.17. The minimum Gasteiger partial charge on any atom is -0.382 e. The molecule has 6 aromatic rings. The maximum atomic E-state index is 11.0. The number of thiazole rings is 1. The van der Waals surface area contributed by atoms with Crippen molar-refractivity contribution in [3.05, 3.63) is 95.0 Å². The molecule has 1 amide bonds. The summed E-state index contributed by atoms with van der Waals surface area (Å²) in [5.74, 6) is 6.07. The van der Waals surface area contributed by atoms with Gasteiger partial charge >= 0.3 is 0 Å². The molecule has 0 aliphatic heterocycles. The third kappa shape index (κ3) is 4.68. The van der Waals surface area contributed by atoms with Gasteiger partial charge in [-0.3, -0.25) is 13.9 Å². The van der Waals surface area contributed by atoms with Gasteiger partial charge in [0.05, 0.1) is 28.7 Å². The van der Waals surface area contributed by atoms with Gasteiger partial charge in [0.15, 0.2) is 10.8 Å². The standard InChI is InChI=1S/C19H16N4S.C8H8N4O/c1-3-17-18(15-7-5-4-6-8-15)23-16(13-24-19(23)21-17)10-9-14-11-20-22(2)12-14;9-7-6(8(10)13)5-3-1-2-4-12(5)11-7/h4-8,11-13H,3H2,1-2H3;1-4H,(H2,9,11)(H2,10,13). The van der Waals surface area contributed by atoms with Crippen LogP contribution in [0.4, 0.5) is 5.82 Å². The van der Waals surface area contributed by atoms with Gasteiger partial charge in [-0.1, -0.05) is 49.2 Å². The molecule has 0 saturated heterocycles. The first-order chi connectivity index (χ1) is 18.0. The van der Waals surface area contributed by atoms with Gasteiger partial charge < -0.3 is 11.5 Å². The molecule has 0 atom stereocenters. The van der Waals surface area contributed by atoms with E-state index in [1.54, 1.807) is 46.6 Å². The van der Waals surface area contributed by atoms with E-state index in [2.05, 4.69) is 63.0 Å². The Morgan fingerprint density at radius 1 is 1.11 bits per heavy atom. The van der Waals surface area contributed by atoms with Crippen LogP contribution in [0.5, 0.6) is 0 Å². The van der Waals surface area contributed by atoms with E-state index in [1.807, 2.05) is 19.3 Å². The van der Waals surface area contributed by atoms with E-state index in [0.717, 1.165) is 34.0 Å². The predicted molar refractivity (Wildman–Crippen MR) is 145 cm³/mol. The molecule has 0 spiro atoms. The minimum atomic E-state index is -0.557. The summed E-state index contributed by atoms with van der Waals surface area (Å²) < 4.78 is 5.45. The van der Waals surface area contributed by atoms with Crippen LogP contribution in [-0.4, -0.2) is 34.7 Å². The molecule has 37 heavy (non-hydrogen) atoms. The van der Waals surface area contributed by atoms with Gasteiger partial charge in [-0.05, 0) is 24.5 Å². The zero-order chi connectivity index (χ0) is 25.9. The van der Waals surface area contributed by atoms with Crippen LogP contribution >= 0.6 is 11.3 Å². The van der Waals surface area contributed by atoms with Crippen molar-refractivity contribution in [1.82, 2.24) is 28.8 Å². The van der Waals surface area contributed by atoms with Crippen LogP contribution in [0.25, 0.3) is 21.7 Å². The molecular weight excluding hydrogens is 484 g/mol. The molecule has 5 heterocycles. The molecule has 0 saturated carbocycles. The van der Waals surface area contributed by atoms with Gasteiger partial charge in [0.1, 0.15) is 11.3 Å². The SMILES string of the molecule is CCc1nc2scc(C#Cc3cnn(C)c3)n2c1-c1ccccc1.NC(=O)c1c(N)nn2ccccc12. The van der Waals surface area contributed by atoms with Crippen molar-refractivity contribution in [3.8, 4) is 23.1 Å². The highest BCUT2D eigenvalue weighted by Gasteiger charge is 2.16. The number of benzene rings is 1. The highest BCUT2D eigenvalue weighted by molar-refractivity contribution is 7.15. The van der Waals surface area contributed by atoms with Crippen LogP contribution in [0.15, 0.2) is 72.5 Å². The van der Waals surface area contributed by atoms with Crippen LogP contribution in [0, 0.1) is 11.8 Å². The highest BCUT2D eigenvalue weighted by Crippen LogP contribution is 2.29. The number of aromatic nitrogens is 6. The molecule has 5 aromatic heterocycles. The van der Waals surface area contributed by atoms with E-state index < -0.39 is 5.91 Å². The van der Waals surface area contributed by atoms with Gasteiger partial charge in [-0.25, -0.2) is 9.50 Å². The van der Waals surface area contributed by atoms with Crippen molar-refractivity contribution >= 4 is 33.5 Å². The Labute approximate surface area is 217 Å². The fourth-order valence-corrected chi connectivity index (χ4v) is 4.86. The molecule has 0 bridgehead atoms. The summed E-state index contributed by atoms with van der Waals surface area (Å²) in [5, 5.41) is 10.2. The zero-order valence-electron chi connectivity index (χ0n) is 20.3. The Morgan fingerprint density at radius 2 is 1.89 bits per heavy atom. The Bertz CT molecular complexity index is 1780. The number of rotatable bonds is 3. The van der Waals surface area contributed by atoms with Crippen molar-refractivity contribution in [3.63, 3.8) is 0 Å². The fourth-order valence-electron chi connectivity index (χ4n) is 4.02. The van der Waals surface area contributed by atoms with Gasteiger partial charge in [0.25, 0.3) is 5.91 Å². The van der Waals surface area contributed by atoms with Crippen molar-refractivity contribution in [2.45, 2.75) is 13.3 Å². The number of imidazole rings is 1. The summed E-state index contributed by atoms with van der Waals surface area (Å²) in [6.07, 6.45) is 6.30. The Morgan fingerprint density at radius 3 is 2.59 bits per heavy atom. The van der Waals surface area contributed by atoms with Gasteiger partial charge in [0.2, 0.25) is 0 Å². The average molecular weight is 509 g/mol. The van der Waals surface area contributed by atoms with Crippen molar-refractivity contribution in [1.29, 1.82) is 0 Å². The van der Waals surface area contributed by atoms with Crippen LogP contribution in [-0.2, 0) is 13.5 Å². The number of nitrogen functional groups attached to an aromatic ring is 1. The third-order valence-electron chi connectivity index (χ3n) is 5.67. The number of carbonyl (C=O) groups is 1. The predicted octanol–water partition coefficient (Wildman–Crippen LogP) is 3.77. The lowest BCUT2D eigenvalue weighted by Gasteiger charge is -2.03. The number of primary amides is 1. The normalized spacial score (nSPS) is 10.6. The maximum absolute atomic E-state index is 11.0. The zero-order valence-corrected chi connectivity index (χ0v) is 21.1. The Hall–Kier alpha value is -4.88. The molecule has 0 unspecified atom stereocenters. The number of nitrogens with zero attached hydrogens (tertiary/aromatic N) is 6. The number of hydrogen-bond acceptors (Lipinski definition) is 6. The molecule has 0 radical (unpaired) electrons. The molecule has 4 N–H and O–H groups in total. The van der Waals surface area contributed by atoms with Gasteiger partial charge in [0, 0.05) is 30.4 Å². The Balaban J connectivity index is 0.000000182. The number of fused-ring (bicyclic) bond motifs is 2. The number of anilines is 1. The molecule has 184 valence electrons. The summed E-state index contributed by atoms with van der Waals surface area (Å²) in [6.45, 7) is 2.14. The average Bonchev–Trinajstić information content (AvgIpc) is 3.65. The molecule has 0 aliphatic carbocycles. The number of aryl methyl sites for hydroxylation is 2. The summed E-state index contributed by atoms with van der Waals surface area (Å²) in [4.78, 5) is 16.8. The number of hydrogen-bond donors (Lipinski definition) is 2. The third-order valence-corrected chi connectivity index (χ3v) is 6.50. The van der Waals surface area contributed by atoms with Crippen molar-refractivity contribution in [2.75, 3.05) is 5.73 Å². The summed E-state index contributed by atoms with van der Waals surface area (Å²) in [7, 11) is 1.89. The van der Waals surface area contributed by atoms with E-state index in [0.29, 0.717) is 5.52 Å². The monoisotopic (exact) mass is 508 g/mol. The van der Waals surface area contributed by atoms with Gasteiger partial charge in [-0.15, -0.1) is 16.4 Å². The number of carbonyl (C=O) groups excluding carboxylic acids is 1. The number of pyridine rings is 1.